The zero-order chi connectivity index (χ0) is 28.7. The van der Waals surface area contributed by atoms with Crippen LogP contribution in [0.15, 0.2) is 42.5 Å². The number of ether oxygens (including phenoxy) is 2. The van der Waals surface area contributed by atoms with Gasteiger partial charge in [-0.25, -0.2) is 9.59 Å². The van der Waals surface area contributed by atoms with Gasteiger partial charge in [0, 0.05) is 36.9 Å². The van der Waals surface area contributed by atoms with Crippen LogP contribution < -0.4 is 25.4 Å². The first-order valence-corrected chi connectivity index (χ1v) is 13.0. The number of aliphatic hydroxyl groups is 1. The van der Waals surface area contributed by atoms with Crippen LogP contribution in [0.5, 0.6) is 11.5 Å². The third-order valence-corrected chi connectivity index (χ3v) is 6.48. The molecule has 2 aromatic rings. The van der Waals surface area contributed by atoms with Crippen LogP contribution in [0.3, 0.4) is 0 Å². The van der Waals surface area contributed by atoms with E-state index < -0.39 is 18.2 Å². The molecule has 0 aromatic heterocycles. The predicted molar refractivity (Wildman–Crippen MR) is 150 cm³/mol. The molecule has 0 saturated heterocycles. The minimum atomic E-state index is -0.482. The number of anilines is 2. The summed E-state index contributed by atoms with van der Waals surface area (Å²) in [5, 5.41) is 18.2. The molecule has 3 atom stereocenters. The minimum Gasteiger partial charge on any atom is -0.497 e. The molecule has 11 heteroatoms. The van der Waals surface area contributed by atoms with Crippen molar-refractivity contribution in [3.63, 3.8) is 0 Å². The number of methoxy groups -OCH3 is 1. The van der Waals surface area contributed by atoms with E-state index in [2.05, 4.69) is 16.0 Å². The Balaban J connectivity index is 1.85. The number of carbonyl (C=O) groups excluding carboxylic acids is 3. The summed E-state index contributed by atoms with van der Waals surface area (Å²) in [6.45, 7) is 7.90. The van der Waals surface area contributed by atoms with Gasteiger partial charge in [0.1, 0.15) is 17.6 Å². The van der Waals surface area contributed by atoms with Crippen LogP contribution in [-0.2, 0) is 0 Å². The Kier molecular flexibility index (Phi) is 10.00. The number of aliphatic hydroxyl groups excluding tert-OH is 1. The van der Waals surface area contributed by atoms with Gasteiger partial charge in [-0.05, 0) is 63.2 Å². The highest BCUT2D eigenvalue weighted by Gasteiger charge is 2.34. The number of likely N-dealkylation sites (N-methyl/N-ethyl adjacent to an activating group) is 1. The number of amides is 5. The maximum Gasteiger partial charge on any atom is 0.323 e. The van der Waals surface area contributed by atoms with E-state index in [1.165, 1.54) is 0 Å². The Morgan fingerprint density at radius 1 is 1.13 bits per heavy atom. The topological polar surface area (TPSA) is 132 Å². The Labute approximate surface area is 229 Å². The van der Waals surface area contributed by atoms with Crippen molar-refractivity contribution in [1.82, 2.24) is 15.1 Å². The number of carbonyl (C=O) groups is 3. The van der Waals surface area contributed by atoms with E-state index in [-0.39, 0.29) is 36.1 Å². The molecule has 11 nitrogen and oxygen atoms in total. The molecule has 0 radical (unpaired) electrons. The van der Waals surface area contributed by atoms with Gasteiger partial charge in [-0.2, -0.15) is 0 Å². The Bertz CT molecular complexity index is 1160. The molecular weight excluding hydrogens is 502 g/mol. The molecule has 0 spiro atoms. The van der Waals surface area contributed by atoms with Crippen molar-refractivity contribution in [1.29, 1.82) is 0 Å². The molecule has 0 bridgehead atoms. The maximum absolute atomic E-state index is 13.6. The predicted octanol–water partition coefficient (Wildman–Crippen LogP) is 3.61. The lowest BCUT2D eigenvalue weighted by Gasteiger charge is -2.38. The first kappa shape index (κ1) is 29.6. The second-order valence-corrected chi connectivity index (χ2v) is 10.1. The summed E-state index contributed by atoms with van der Waals surface area (Å²) in [6.07, 6.45) is -0.426. The van der Waals surface area contributed by atoms with Gasteiger partial charge in [0.25, 0.3) is 5.91 Å². The highest BCUT2D eigenvalue weighted by Crippen LogP contribution is 2.31. The van der Waals surface area contributed by atoms with Crippen LogP contribution >= 0.6 is 0 Å². The molecule has 212 valence electrons. The summed E-state index contributed by atoms with van der Waals surface area (Å²) < 4.78 is 11.4. The Morgan fingerprint density at radius 2 is 1.77 bits per heavy atom. The van der Waals surface area contributed by atoms with Crippen molar-refractivity contribution in [2.75, 3.05) is 44.5 Å². The van der Waals surface area contributed by atoms with E-state index in [4.69, 9.17) is 9.47 Å². The van der Waals surface area contributed by atoms with Gasteiger partial charge in [-0.1, -0.05) is 6.92 Å². The molecular formula is C28H39N5O6. The summed E-state index contributed by atoms with van der Waals surface area (Å²) >= 11 is 0. The van der Waals surface area contributed by atoms with Gasteiger partial charge in [-0.3, -0.25) is 4.79 Å². The zero-order valence-electron chi connectivity index (χ0n) is 23.4. The van der Waals surface area contributed by atoms with Crippen molar-refractivity contribution in [3.05, 3.63) is 48.0 Å². The second kappa shape index (κ2) is 13.2. The number of benzene rings is 2. The number of hydrogen-bond acceptors (Lipinski definition) is 6. The summed E-state index contributed by atoms with van der Waals surface area (Å²) in [6, 6.07) is 10.6. The lowest BCUT2D eigenvalue weighted by atomic mass is 9.99. The minimum absolute atomic E-state index is 0.0114. The second-order valence-electron chi connectivity index (χ2n) is 10.1. The fraction of sp³-hybridized carbons (Fsp3) is 0.464. The fourth-order valence-electron chi connectivity index (χ4n) is 4.20. The first-order chi connectivity index (χ1) is 18.5. The molecule has 0 saturated carbocycles. The number of nitrogens with zero attached hydrogens (tertiary/aromatic N) is 2. The highest BCUT2D eigenvalue weighted by molar-refractivity contribution is 6.02. The van der Waals surface area contributed by atoms with E-state index in [0.717, 1.165) is 0 Å². The summed E-state index contributed by atoms with van der Waals surface area (Å²) in [5.41, 5.74) is 1.22. The Morgan fingerprint density at radius 3 is 2.38 bits per heavy atom. The lowest BCUT2D eigenvalue weighted by Crippen LogP contribution is -2.51. The third-order valence-electron chi connectivity index (χ3n) is 6.48. The van der Waals surface area contributed by atoms with Gasteiger partial charge in [0.05, 0.1) is 31.9 Å². The summed E-state index contributed by atoms with van der Waals surface area (Å²) in [5.74, 6) is 0.549. The van der Waals surface area contributed by atoms with Gasteiger partial charge < -0.3 is 40.3 Å². The van der Waals surface area contributed by atoms with Crippen molar-refractivity contribution < 1.29 is 29.0 Å². The van der Waals surface area contributed by atoms with Crippen molar-refractivity contribution in [3.8, 4) is 11.5 Å². The van der Waals surface area contributed by atoms with Crippen molar-refractivity contribution in [2.24, 2.45) is 5.92 Å². The normalized spacial score (nSPS) is 17.7. The molecule has 39 heavy (non-hydrogen) atoms. The molecule has 3 rings (SSSR count). The maximum atomic E-state index is 13.6. The smallest absolute Gasteiger partial charge is 0.323 e. The standard InChI is InChI=1S/C28H39N5O6/c1-17(2)29-28(37)32(5)15-25-18(3)14-33(19(4)16-34)26(35)23-13-21(9-12-24(23)39-25)31-27(36)30-20-7-10-22(38-6)11-8-20/h7-13,17-19,25,34H,14-16H2,1-6H3,(H,29,37)(H2,30,31,36)/t18-,19-,25-/m0/s1. The van der Waals surface area contributed by atoms with Crippen LogP contribution in [0.2, 0.25) is 0 Å². The van der Waals surface area contributed by atoms with Crippen LogP contribution in [0, 0.1) is 5.92 Å². The average molecular weight is 542 g/mol. The number of nitrogens with one attached hydrogen (secondary N) is 3. The van der Waals surface area contributed by atoms with Gasteiger partial charge in [0.15, 0.2) is 0 Å². The molecule has 1 aliphatic rings. The molecule has 0 fully saturated rings. The number of hydrogen-bond donors (Lipinski definition) is 4. The van der Waals surface area contributed by atoms with Gasteiger partial charge in [-0.15, -0.1) is 0 Å². The number of urea groups is 2. The van der Waals surface area contributed by atoms with Crippen molar-refractivity contribution in [2.45, 2.75) is 45.9 Å². The third kappa shape index (κ3) is 7.76. The molecule has 2 aromatic carbocycles. The molecule has 0 aliphatic carbocycles. The number of fused-ring (bicyclic) bond motifs is 1. The summed E-state index contributed by atoms with van der Waals surface area (Å²) in [7, 11) is 3.26. The lowest BCUT2D eigenvalue weighted by molar-refractivity contribution is 0.0366. The van der Waals surface area contributed by atoms with E-state index >= 15 is 0 Å². The van der Waals surface area contributed by atoms with Crippen LogP contribution in [0.1, 0.15) is 38.1 Å². The van der Waals surface area contributed by atoms with E-state index in [1.54, 1.807) is 73.3 Å². The first-order valence-electron chi connectivity index (χ1n) is 13.0. The van der Waals surface area contributed by atoms with E-state index in [9.17, 15) is 19.5 Å². The molecule has 1 aliphatic heterocycles. The zero-order valence-corrected chi connectivity index (χ0v) is 23.4. The van der Waals surface area contributed by atoms with Gasteiger partial charge in [0.2, 0.25) is 0 Å². The molecule has 1 heterocycles. The van der Waals surface area contributed by atoms with Crippen LogP contribution in [-0.4, -0.2) is 84.9 Å². The molecule has 0 unspecified atom stereocenters. The quantitative estimate of drug-likeness (QED) is 0.404. The largest absolute Gasteiger partial charge is 0.497 e. The van der Waals surface area contributed by atoms with Crippen LogP contribution in [0.4, 0.5) is 21.0 Å². The average Bonchev–Trinajstić information content (AvgIpc) is 2.90. The Hall–Kier alpha value is -3.99. The van der Waals surface area contributed by atoms with E-state index in [0.29, 0.717) is 36.0 Å². The van der Waals surface area contributed by atoms with E-state index in [1.807, 2.05) is 20.8 Å². The summed E-state index contributed by atoms with van der Waals surface area (Å²) in [4.78, 5) is 41.9. The van der Waals surface area contributed by atoms with Crippen LogP contribution in [0.25, 0.3) is 0 Å². The van der Waals surface area contributed by atoms with Crippen molar-refractivity contribution >= 4 is 29.3 Å². The molecule has 4 N–H and O–H groups in total. The van der Waals surface area contributed by atoms with Gasteiger partial charge >= 0.3 is 12.1 Å². The molecule has 5 amide bonds. The monoisotopic (exact) mass is 541 g/mol. The highest BCUT2D eigenvalue weighted by atomic mass is 16.5. The number of rotatable bonds is 8. The fourth-order valence-corrected chi connectivity index (χ4v) is 4.20. The SMILES string of the molecule is COc1ccc(NC(=O)Nc2ccc3c(c2)C(=O)N([C@@H](C)CO)C[C@H](C)[C@H](CN(C)C(=O)NC(C)C)O3)cc1.